The second kappa shape index (κ2) is 5.15. The summed E-state index contributed by atoms with van der Waals surface area (Å²) in [7, 11) is 0. The Morgan fingerprint density at radius 1 is 1.21 bits per heavy atom. The van der Waals surface area contributed by atoms with Gasteiger partial charge in [0.2, 0.25) is 0 Å². The maximum atomic E-state index is 6.35. The van der Waals surface area contributed by atoms with Crippen molar-refractivity contribution >= 4 is 27.3 Å². The first-order chi connectivity index (χ1) is 9.15. The van der Waals surface area contributed by atoms with Crippen molar-refractivity contribution < 1.29 is 9.47 Å². The molecule has 1 aromatic carbocycles. The molecule has 0 radical (unpaired) electrons. The topological polar surface area (TPSA) is 44.5 Å². The van der Waals surface area contributed by atoms with Gasteiger partial charge in [0.15, 0.2) is 11.5 Å². The van der Waals surface area contributed by atoms with Gasteiger partial charge in [-0.3, -0.25) is 0 Å². The highest BCUT2D eigenvalue weighted by atomic mass is 79.9. The largest absolute Gasteiger partial charge is 0.486 e. The smallest absolute Gasteiger partial charge is 0.161 e. The SMILES string of the molecule is Cc1sc(Br)cc1C(N)c1ccc2c(c1)OCCO2. The molecule has 1 atom stereocenters. The van der Waals surface area contributed by atoms with Crippen LogP contribution in [0, 0.1) is 6.92 Å². The molecule has 0 aliphatic carbocycles. The van der Waals surface area contributed by atoms with E-state index >= 15 is 0 Å². The normalized spacial score (nSPS) is 15.3. The van der Waals surface area contributed by atoms with Crippen LogP contribution in [-0.4, -0.2) is 13.2 Å². The third-order valence-electron chi connectivity index (χ3n) is 3.19. The standard InChI is InChI=1S/C14H14BrNO2S/c1-8-10(7-13(15)19-8)14(16)9-2-3-11-12(6-9)18-5-4-17-11/h2-3,6-7,14H,4-5,16H2,1H3. The highest BCUT2D eigenvalue weighted by molar-refractivity contribution is 9.11. The summed E-state index contributed by atoms with van der Waals surface area (Å²) < 4.78 is 12.2. The Morgan fingerprint density at radius 2 is 1.95 bits per heavy atom. The lowest BCUT2D eigenvalue weighted by Gasteiger charge is -2.20. The van der Waals surface area contributed by atoms with Gasteiger partial charge in [0, 0.05) is 4.88 Å². The molecule has 1 aromatic heterocycles. The molecular weight excluding hydrogens is 326 g/mol. The number of thiophene rings is 1. The minimum absolute atomic E-state index is 0.140. The molecule has 0 bridgehead atoms. The minimum atomic E-state index is -0.140. The van der Waals surface area contributed by atoms with Crippen LogP contribution in [0.5, 0.6) is 11.5 Å². The van der Waals surface area contributed by atoms with Crippen molar-refractivity contribution in [2.75, 3.05) is 13.2 Å². The van der Waals surface area contributed by atoms with Gasteiger partial charge in [0.05, 0.1) is 9.83 Å². The number of hydrogen-bond donors (Lipinski definition) is 1. The molecule has 19 heavy (non-hydrogen) atoms. The van der Waals surface area contributed by atoms with E-state index in [0.29, 0.717) is 13.2 Å². The van der Waals surface area contributed by atoms with Gasteiger partial charge in [-0.25, -0.2) is 0 Å². The van der Waals surface area contributed by atoms with E-state index in [1.165, 1.54) is 4.88 Å². The van der Waals surface area contributed by atoms with Crippen LogP contribution >= 0.6 is 27.3 Å². The number of ether oxygens (including phenoxy) is 2. The Bertz CT molecular complexity index is 611. The fourth-order valence-electron chi connectivity index (χ4n) is 2.20. The highest BCUT2D eigenvalue weighted by Gasteiger charge is 2.18. The molecule has 5 heteroatoms. The van der Waals surface area contributed by atoms with Crippen LogP contribution in [0.1, 0.15) is 22.0 Å². The number of hydrogen-bond acceptors (Lipinski definition) is 4. The first-order valence-electron chi connectivity index (χ1n) is 6.06. The lowest BCUT2D eigenvalue weighted by atomic mass is 10.00. The van der Waals surface area contributed by atoms with Crippen LogP contribution in [0.3, 0.4) is 0 Å². The Balaban J connectivity index is 1.95. The van der Waals surface area contributed by atoms with Crippen LogP contribution in [0.25, 0.3) is 0 Å². The van der Waals surface area contributed by atoms with E-state index in [1.807, 2.05) is 18.2 Å². The maximum absolute atomic E-state index is 6.35. The van der Waals surface area contributed by atoms with Crippen molar-refractivity contribution in [1.29, 1.82) is 0 Å². The van der Waals surface area contributed by atoms with Gasteiger partial charge in [-0.05, 0) is 52.2 Å². The van der Waals surface area contributed by atoms with Gasteiger partial charge in [-0.1, -0.05) is 6.07 Å². The predicted molar refractivity (Wildman–Crippen MR) is 80.2 cm³/mol. The Labute approximate surface area is 124 Å². The quantitative estimate of drug-likeness (QED) is 0.908. The zero-order valence-corrected chi connectivity index (χ0v) is 12.9. The van der Waals surface area contributed by atoms with Crippen LogP contribution in [0.15, 0.2) is 28.1 Å². The monoisotopic (exact) mass is 339 g/mol. The molecule has 0 saturated heterocycles. The molecule has 1 unspecified atom stereocenters. The van der Waals surface area contributed by atoms with Gasteiger partial charge in [-0.2, -0.15) is 0 Å². The molecule has 0 amide bonds. The molecule has 0 fully saturated rings. The fraction of sp³-hybridized carbons (Fsp3) is 0.286. The molecule has 3 nitrogen and oxygen atoms in total. The Kier molecular flexibility index (Phi) is 3.52. The van der Waals surface area contributed by atoms with E-state index in [4.69, 9.17) is 15.2 Å². The predicted octanol–water partition coefficient (Wildman–Crippen LogP) is 3.64. The molecule has 2 heterocycles. The fourth-order valence-corrected chi connectivity index (χ4v) is 3.96. The number of halogens is 1. The van der Waals surface area contributed by atoms with E-state index in [2.05, 4.69) is 28.9 Å². The summed E-state index contributed by atoms with van der Waals surface area (Å²) in [5.74, 6) is 1.58. The van der Waals surface area contributed by atoms with Crippen molar-refractivity contribution in [3.63, 3.8) is 0 Å². The molecule has 2 N–H and O–H groups in total. The van der Waals surface area contributed by atoms with Crippen LogP contribution in [0.2, 0.25) is 0 Å². The first-order valence-corrected chi connectivity index (χ1v) is 7.67. The van der Waals surface area contributed by atoms with Crippen LogP contribution < -0.4 is 15.2 Å². The maximum Gasteiger partial charge on any atom is 0.161 e. The molecule has 1 aliphatic heterocycles. The van der Waals surface area contributed by atoms with Crippen molar-refractivity contribution in [2.24, 2.45) is 5.73 Å². The number of aryl methyl sites for hydroxylation is 1. The number of fused-ring (bicyclic) bond motifs is 1. The second-order valence-corrected chi connectivity index (χ2v) is 7.08. The van der Waals surface area contributed by atoms with Crippen molar-refractivity contribution in [3.8, 4) is 11.5 Å². The van der Waals surface area contributed by atoms with Crippen molar-refractivity contribution in [1.82, 2.24) is 0 Å². The summed E-state index contributed by atoms with van der Waals surface area (Å²) in [5.41, 5.74) is 8.54. The molecule has 1 aliphatic rings. The van der Waals surface area contributed by atoms with Crippen LogP contribution in [-0.2, 0) is 0 Å². The minimum Gasteiger partial charge on any atom is -0.486 e. The molecule has 0 saturated carbocycles. The van der Waals surface area contributed by atoms with E-state index in [-0.39, 0.29) is 6.04 Å². The van der Waals surface area contributed by atoms with Gasteiger partial charge in [0.1, 0.15) is 13.2 Å². The third kappa shape index (κ3) is 2.50. The summed E-state index contributed by atoms with van der Waals surface area (Å²) >= 11 is 5.20. The number of benzene rings is 1. The van der Waals surface area contributed by atoms with Gasteiger partial charge in [0.25, 0.3) is 0 Å². The zero-order valence-electron chi connectivity index (χ0n) is 10.5. The van der Waals surface area contributed by atoms with Gasteiger partial charge >= 0.3 is 0 Å². The van der Waals surface area contributed by atoms with E-state index in [9.17, 15) is 0 Å². The van der Waals surface area contributed by atoms with Crippen molar-refractivity contribution in [3.05, 3.63) is 44.1 Å². The molecular formula is C14H14BrNO2S. The lowest BCUT2D eigenvalue weighted by Crippen LogP contribution is -2.17. The molecule has 2 aromatic rings. The van der Waals surface area contributed by atoms with Gasteiger partial charge < -0.3 is 15.2 Å². The summed E-state index contributed by atoms with van der Waals surface area (Å²) in [6.07, 6.45) is 0. The Hall–Kier alpha value is -1.04. The van der Waals surface area contributed by atoms with Crippen LogP contribution in [0.4, 0.5) is 0 Å². The Morgan fingerprint density at radius 3 is 2.63 bits per heavy atom. The molecule has 3 rings (SSSR count). The van der Waals surface area contributed by atoms with Gasteiger partial charge in [-0.15, -0.1) is 11.3 Å². The molecule has 0 spiro atoms. The summed E-state index contributed by atoms with van der Waals surface area (Å²) in [6.45, 7) is 3.28. The first kappa shape index (κ1) is 13.0. The third-order valence-corrected chi connectivity index (χ3v) is 4.76. The summed E-state index contributed by atoms with van der Waals surface area (Å²) in [5, 5.41) is 0. The summed E-state index contributed by atoms with van der Waals surface area (Å²) in [4.78, 5) is 1.23. The van der Waals surface area contributed by atoms with Crippen molar-refractivity contribution in [2.45, 2.75) is 13.0 Å². The number of nitrogens with two attached hydrogens (primary N) is 1. The average molecular weight is 340 g/mol. The highest BCUT2D eigenvalue weighted by Crippen LogP contribution is 2.36. The average Bonchev–Trinajstić information content (AvgIpc) is 2.76. The zero-order chi connectivity index (χ0) is 13.4. The van der Waals surface area contributed by atoms with E-state index in [1.54, 1.807) is 11.3 Å². The summed E-state index contributed by atoms with van der Waals surface area (Å²) in [6, 6.07) is 7.85. The van der Waals surface area contributed by atoms with E-state index in [0.717, 1.165) is 26.4 Å². The second-order valence-electron chi connectivity index (χ2n) is 4.44. The lowest BCUT2D eigenvalue weighted by molar-refractivity contribution is 0.171. The number of rotatable bonds is 2. The molecule has 100 valence electrons. The van der Waals surface area contributed by atoms with E-state index < -0.39 is 0 Å².